The van der Waals surface area contributed by atoms with Gasteiger partial charge in [0.25, 0.3) is 0 Å². The molecule has 0 saturated heterocycles. The van der Waals surface area contributed by atoms with Gasteiger partial charge >= 0.3 is 8.80 Å². The van der Waals surface area contributed by atoms with E-state index in [2.05, 4.69) is 4.90 Å². The van der Waals surface area contributed by atoms with Gasteiger partial charge in [-0.3, -0.25) is 4.90 Å². The van der Waals surface area contributed by atoms with E-state index in [1.54, 1.807) is 14.2 Å². The van der Waals surface area contributed by atoms with Crippen LogP contribution >= 0.6 is 0 Å². The van der Waals surface area contributed by atoms with E-state index < -0.39 is 8.80 Å². The van der Waals surface area contributed by atoms with Crippen molar-refractivity contribution in [1.82, 2.24) is 4.90 Å². The van der Waals surface area contributed by atoms with Crippen LogP contribution in [0.5, 0.6) is 0 Å². The standard InChI is InChI=1S/C23H51NO9Si/c1-6-31-34(32-7-2,33-8-3)23-9-10-24(11-13-27-19-21-29-17-15-25-4)12-14-28-20-22-30-18-16-26-5/h6-23H2,1-5H3. The van der Waals surface area contributed by atoms with Crippen molar-refractivity contribution in [3.63, 3.8) is 0 Å². The van der Waals surface area contributed by atoms with Crippen LogP contribution in [0.2, 0.25) is 6.04 Å². The smallest absolute Gasteiger partial charge is 0.382 e. The molecule has 0 radical (unpaired) electrons. The summed E-state index contributed by atoms with van der Waals surface area (Å²) in [5, 5.41) is 0. The van der Waals surface area contributed by atoms with Crippen LogP contribution in [0.25, 0.3) is 0 Å². The summed E-state index contributed by atoms with van der Waals surface area (Å²) in [5.41, 5.74) is 0. The molecule has 0 aromatic rings. The summed E-state index contributed by atoms with van der Waals surface area (Å²) in [4.78, 5) is 2.35. The minimum Gasteiger partial charge on any atom is -0.382 e. The van der Waals surface area contributed by atoms with Crippen molar-refractivity contribution in [1.29, 1.82) is 0 Å². The molecule has 0 aliphatic rings. The summed E-state index contributed by atoms with van der Waals surface area (Å²) in [6.45, 7) is 16.2. The topological polar surface area (TPSA) is 86.3 Å². The van der Waals surface area contributed by atoms with Crippen LogP contribution in [0.1, 0.15) is 27.2 Å². The van der Waals surface area contributed by atoms with Crippen LogP contribution in [0.3, 0.4) is 0 Å². The maximum Gasteiger partial charge on any atom is 0.500 e. The van der Waals surface area contributed by atoms with Crippen molar-refractivity contribution in [2.45, 2.75) is 33.2 Å². The summed E-state index contributed by atoms with van der Waals surface area (Å²) in [5.74, 6) is 0. The van der Waals surface area contributed by atoms with Crippen molar-refractivity contribution in [2.24, 2.45) is 0 Å². The minimum absolute atomic E-state index is 0.570. The quantitative estimate of drug-likeness (QED) is 0.114. The highest BCUT2D eigenvalue weighted by molar-refractivity contribution is 6.60. The Kier molecular flexibility index (Phi) is 25.8. The predicted molar refractivity (Wildman–Crippen MR) is 134 cm³/mol. The Morgan fingerprint density at radius 3 is 1.26 bits per heavy atom. The fourth-order valence-corrected chi connectivity index (χ4v) is 5.77. The van der Waals surface area contributed by atoms with E-state index in [1.165, 1.54) is 0 Å². The lowest BCUT2D eigenvalue weighted by atomic mass is 10.4. The summed E-state index contributed by atoms with van der Waals surface area (Å²) >= 11 is 0. The van der Waals surface area contributed by atoms with Crippen LogP contribution in [-0.4, -0.2) is 133 Å². The Bertz CT molecular complexity index is 374. The molecule has 0 heterocycles. The lowest BCUT2D eigenvalue weighted by Gasteiger charge is -2.29. The number of nitrogens with zero attached hydrogens (tertiary/aromatic N) is 1. The maximum atomic E-state index is 5.98. The largest absolute Gasteiger partial charge is 0.500 e. The number of hydrogen-bond donors (Lipinski definition) is 0. The van der Waals surface area contributed by atoms with Crippen molar-refractivity contribution in [2.75, 3.05) is 120 Å². The summed E-state index contributed by atoms with van der Waals surface area (Å²) in [6, 6.07) is 0.793. The van der Waals surface area contributed by atoms with Gasteiger partial charge in [0, 0.05) is 53.2 Å². The molecule has 11 heteroatoms. The van der Waals surface area contributed by atoms with Gasteiger partial charge < -0.3 is 41.7 Å². The fraction of sp³-hybridized carbons (Fsp3) is 1.00. The fourth-order valence-electron chi connectivity index (χ4n) is 3.17. The maximum absolute atomic E-state index is 5.98. The van der Waals surface area contributed by atoms with Crippen LogP contribution < -0.4 is 0 Å². The molecule has 0 unspecified atom stereocenters. The highest BCUT2D eigenvalue weighted by Gasteiger charge is 2.39. The predicted octanol–water partition coefficient (Wildman–Crippen LogP) is 2.09. The van der Waals surface area contributed by atoms with Gasteiger partial charge in [-0.05, 0) is 33.7 Å². The molecule has 206 valence electrons. The normalized spacial score (nSPS) is 12.2. The zero-order valence-electron chi connectivity index (χ0n) is 22.3. The molecule has 0 N–H and O–H groups in total. The molecule has 10 nitrogen and oxygen atoms in total. The van der Waals surface area contributed by atoms with Crippen molar-refractivity contribution < 1.29 is 41.7 Å². The minimum atomic E-state index is -2.63. The first-order valence-corrected chi connectivity index (χ1v) is 14.5. The third kappa shape index (κ3) is 20.1. The Morgan fingerprint density at radius 2 is 0.882 bits per heavy atom. The highest BCUT2D eigenvalue weighted by atomic mass is 28.4. The Hall–Kier alpha value is -0.183. The zero-order chi connectivity index (χ0) is 25.2. The number of ether oxygens (including phenoxy) is 6. The Labute approximate surface area is 208 Å². The molecule has 0 spiro atoms. The Balaban J connectivity index is 4.41. The van der Waals surface area contributed by atoms with E-state index in [0.29, 0.717) is 85.9 Å². The number of hydrogen-bond acceptors (Lipinski definition) is 10. The third-order valence-electron chi connectivity index (χ3n) is 4.76. The molecule has 0 amide bonds. The molecule has 0 aromatic carbocycles. The average molecular weight is 514 g/mol. The van der Waals surface area contributed by atoms with Gasteiger partial charge in [-0.2, -0.15) is 0 Å². The van der Waals surface area contributed by atoms with Crippen LogP contribution in [0.4, 0.5) is 0 Å². The first-order valence-electron chi connectivity index (χ1n) is 12.6. The summed E-state index contributed by atoms with van der Waals surface area (Å²) in [7, 11) is 0.701. The van der Waals surface area contributed by atoms with Gasteiger partial charge in [-0.25, -0.2) is 0 Å². The van der Waals surface area contributed by atoms with Crippen molar-refractivity contribution in [3.05, 3.63) is 0 Å². The Morgan fingerprint density at radius 1 is 0.500 bits per heavy atom. The molecule has 0 atom stereocenters. The molecule has 0 bridgehead atoms. The molecule has 0 rings (SSSR count). The van der Waals surface area contributed by atoms with Gasteiger partial charge in [-0.1, -0.05) is 0 Å². The van der Waals surface area contributed by atoms with Crippen LogP contribution in [-0.2, 0) is 41.7 Å². The number of rotatable bonds is 28. The van der Waals surface area contributed by atoms with Gasteiger partial charge in [0.15, 0.2) is 0 Å². The molecule has 0 aliphatic carbocycles. The zero-order valence-corrected chi connectivity index (χ0v) is 23.3. The second-order valence-corrected chi connectivity index (χ2v) is 10.1. The van der Waals surface area contributed by atoms with Gasteiger partial charge in [0.1, 0.15) is 0 Å². The summed E-state index contributed by atoms with van der Waals surface area (Å²) in [6.07, 6.45) is 0.923. The second-order valence-electron chi connectivity index (χ2n) is 7.36. The number of methoxy groups -OCH3 is 2. The molecule has 0 aromatic heterocycles. The molecule has 0 saturated carbocycles. The molecule has 0 aliphatic heterocycles. The lowest BCUT2D eigenvalue weighted by Crippen LogP contribution is -2.46. The first-order chi connectivity index (χ1) is 16.7. The first kappa shape index (κ1) is 33.8. The molecular weight excluding hydrogens is 462 g/mol. The van der Waals surface area contributed by atoms with E-state index >= 15 is 0 Å². The van der Waals surface area contributed by atoms with E-state index in [4.69, 9.17) is 41.7 Å². The second kappa shape index (κ2) is 25.9. The van der Waals surface area contributed by atoms with E-state index in [0.717, 1.165) is 32.1 Å². The monoisotopic (exact) mass is 513 g/mol. The van der Waals surface area contributed by atoms with E-state index in [-0.39, 0.29) is 0 Å². The summed E-state index contributed by atoms with van der Waals surface area (Å²) < 4.78 is 50.2. The van der Waals surface area contributed by atoms with Crippen LogP contribution in [0.15, 0.2) is 0 Å². The average Bonchev–Trinajstić information content (AvgIpc) is 2.82. The van der Waals surface area contributed by atoms with Crippen molar-refractivity contribution in [3.8, 4) is 0 Å². The van der Waals surface area contributed by atoms with Gasteiger partial charge in [-0.15, -0.1) is 0 Å². The molecule has 0 fully saturated rings. The molecular formula is C23H51NO9Si. The van der Waals surface area contributed by atoms with Gasteiger partial charge in [0.05, 0.1) is 66.1 Å². The van der Waals surface area contributed by atoms with E-state index in [9.17, 15) is 0 Å². The highest BCUT2D eigenvalue weighted by Crippen LogP contribution is 2.18. The van der Waals surface area contributed by atoms with Crippen molar-refractivity contribution >= 4 is 8.80 Å². The van der Waals surface area contributed by atoms with E-state index in [1.807, 2.05) is 20.8 Å². The van der Waals surface area contributed by atoms with Crippen LogP contribution in [0, 0.1) is 0 Å². The molecule has 34 heavy (non-hydrogen) atoms. The SMILES string of the molecule is CCO[Si](CCCN(CCOCCOCCOC)CCOCCOCCOC)(OCC)OCC. The van der Waals surface area contributed by atoms with Gasteiger partial charge in [0.2, 0.25) is 0 Å². The lowest BCUT2D eigenvalue weighted by molar-refractivity contribution is 0.00912. The third-order valence-corrected chi connectivity index (χ3v) is 7.91.